The van der Waals surface area contributed by atoms with Crippen LogP contribution in [0.4, 0.5) is 19.1 Å². The summed E-state index contributed by atoms with van der Waals surface area (Å²) in [5.74, 6) is 0.885. The Kier molecular flexibility index (Phi) is 5.08. The van der Waals surface area contributed by atoms with Crippen LogP contribution in [0.25, 0.3) is 0 Å². The van der Waals surface area contributed by atoms with Crippen molar-refractivity contribution in [2.45, 2.75) is 19.7 Å². The number of alkyl halides is 3. The van der Waals surface area contributed by atoms with Crippen LogP contribution in [0.3, 0.4) is 0 Å². The van der Waals surface area contributed by atoms with Crippen LogP contribution >= 0.6 is 0 Å². The van der Waals surface area contributed by atoms with Crippen LogP contribution in [0.1, 0.15) is 16.7 Å². The average molecular weight is 353 g/mol. The second-order valence-electron chi connectivity index (χ2n) is 5.71. The molecule has 1 fully saturated rings. The molecule has 0 saturated carbocycles. The van der Waals surface area contributed by atoms with Gasteiger partial charge >= 0.3 is 6.18 Å². The molecule has 3 rings (SSSR count). The fourth-order valence-corrected chi connectivity index (χ4v) is 2.63. The monoisotopic (exact) mass is 353 g/mol. The van der Waals surface area contributed by atoms with Gasteiger partial charge in [-0.05, 0) is 18.6 Å². The zero-order chi connectivity index (χ0) is 17.9. The number of benzene rings is 1. The van der Waals surface area contributed by atoms with Gasteiger partial charge in [-0.15, -0.1) is 0 Å². The van der Waals surface area contributed by atoms with Crippen LogP contribution < -0.4 is 9.64 Å². The van der Waals surface area contributed by atoms with E-state index in [1.807, 2.05) is 4.90 Å². The van der Waals surface area contributed by atoms with Gasteiger partial charge < -0.3 is 14.4 Å². The van der Waals surface area contributed by atoms with Crippen molar-refractivity contribution in [3.05, 3.63) is 47.3 Å². The first-order valence-electron chi connectivity index (χ1n) is 7.88. The summed E-state index contributed by atoms with van der Waals surface area (Å²) in [6.45, 7) is 4.09. The van der Waals surface area contributed by atoms with Crippen LogP contribution in [0.5, 0.6) is 5.75 Å². The number of ether oxygens (including phenoxy) is 2. The number of halogens is 3. The van der Waals surface area contributed by atoms with Crippen molar-refractivity contribution in [2.75, 3.05) is 31.2 Å². The van der Waals surface area contributed by atoms with E-state index in [1.54, 1.807) is 13.0 Å². The van der Waals surface area contributed by atoms with Crippen molar-refractivity contribution in [2.24, 2.45) is 0 Å². The first-order valence-corrected chi connectivity index (χ1v) is 7.88. The Morgan fingerprint density at radius 2 is 1.84 bits per heavy atom. The predicted molar refractivity (Wildman–Crippen MR) is 85.6 cm³/mol. The molecule has 8 heteroatoms. The van der Waals surface area contributed by atoms with Gasteiger partial charge in [0.05, 0.1) is 31.2 Å². The summed E-state index contributed by atoms with van der Waals surface area (Å²) in [7, 11) is 0. The van der Waals surface area contributed by atoms with E-state index in [1.165, 1.54) is 18.5 Å². The highest BCUT2D eigenvalue weighted by molar-refractivity contribution is 5.37. The van der Waals surface area contributed by atoms with Crippen LogP contribution in [0, 0.1) is 6.92 Å². The maximum Gasteiger partial charge on any atom is 0.416 e. The molecule has 0 radical (unpaired) electrons. The van der Waals surface area contributed by atoms with Gasteiger partial charge in [-0.3, -0.25) is 0 Å². The van der Waals surface area contributed by atoms with Gasteiger partial charge in [0.1, 0.15) is 6.61 Å². The molecule has 0 amide bonds. The van der Waals surface area contributed by atoms with E-state index in [-0.39, 0.29) is 12.2 Å². The number of morpholine rings is 1. The van der Waals surface area contributed by atoms with Crippen molar-refractivity contribution < 1.29 is 22.6 Å². The zero-order valence-corrected chi connectivity index (χ0v) is 13.7. The average Bonchev–Trinajstić information content (AvgIpc) is 2.61. The predicted octanol–water partition coefficient (Wildman–Crippen LogP) is 3.22. The van der Waals surface area contributed by atoms with E-state index < -0.39 is 11.7 Å². The van der Waals surface area contributed by atoms with Crippen molar-refractivity contribution in [3.8, 4) is 5.75 Å². The molecule has 2 heterocycles. The summed E-state index contributed by atoms with van der Waals surface area (Å²) in [5.41, 5.74) is -0.0358. The number of hydrogen-bond donors (Lipinski definition) is 0. The Balaban J connectivity index is 1.70. The molecule has 2 aromatic rings. The van der Waals surface area contributed by atoms with Crippen LogP contribution in [-0.2, 0) is 17.5 Å². The smallest absolute Gasteiger partial charge is 0.416 e. The quantitative estimate of drug-likeness (QED) is 0.845. The molecule has 0 aliphatic carbocycles. The van der Waals surface area contributed by atoms with E-state index in [2.05, 4.69) is 9.97 Å². The molecule has 0 bridgehead atoms. The number of anilines is 1. The van der Waals surface area contributed by atoms with Gasteiger partial charge in [-0.2, -0.15) is 13.2 Å². The molecule has 1 saturated heterocycles. The molecule has 1 aromatic carbocycles. The zero-order valence-electron chi connectivity index (χ0n) is 13.7. The highest BCUT2D eigenvalue weighted by Crippen LogP contribution is 2.33. The summed E-state index contributed by atoms with van der Waals surface area (Å²) >= 11 is 0. The highest BCUT2D eigenvalue weighted by Gasteiger charge is 2.33. The first kappa shape index (κ1) is 17.5. The molecule has 0 N–H and O–H groups in total. The standard InChI is InChI=1S/C17H18F3N3O2/c1-12-3-2-4-15(17(18,19)20)14(12)11-25-13-9-21-16(22-10-13)23-5-7-24-8-6-23/h2-4,9-10H,5-8,11H2,1H3. The molecule has 1 aromatic heterocycles. The lowest BCUT2D eigenvalue weighted by atomic mass is 10.0. The molecule has 134 valence electrons. The summed E-state index contributed by atoms with van der Waals surface area (Å²) in [6.07, 6.45) is -1.46. The number of nitrogens with zero attached hydrogens (tertiary/aromatic N) is 3. The topological polar surface area (TPSA) is 47.5 Å². The first-order chi connectivity index (χ1) is 11.9. The second kappa shape index (κ2) is 7.26. The minimum atomic E-state index is -4.42. The summed E-state index contributed by atoms with van der Waals surface area (Å²) in [4.78, 5) is 10.4. The summed E-state index contributed by atoms with van der Waals surface area (Å²) < 4.78 is 50.1. The van der Waals surface area contributed by atoms with E-state index in [9.17, 15) is 13.2 Å². The third-order valence-electron chi connectivity index (χ3n) is 4.01. The molecule has 0 spiro atoms. The van der Waals surface area contributed by atoms with Gasteiger partial charge in [0.25, 0.3) is 0 Å². The lowest BCUT2D eigenvalue weighted by Gasteiger charge is -2.26. The highest BCUT2D eigenvalue weighted by atomic mass is 19.4. The molecular formula is C17H18F3N3O2. The number of hydrogen-bond acceptors (Lipinski definition) is 5. The SMILES string of the molecule is Cc1cccc(C(F)(F)F)c1COc1cnc(N2CCOCC2)nc1. The third kappa shape index (κ3) is 4.19. The van der Waals surface area contributed by atoms with Gasteiger partial charge in [-0.25, -0.2) is 9.97 Å². The van der Waals surface area contributed by atoms with Crippen molar-refractivity contribution in [1.82, 2.24) is 9.97 Å². The van der Waals surface area contributed by atoms with Gasteiger partial charge in [-0.1, -0.05) is 12.1 Å². The van der Waals surface area contributed by atoms with Crippen molar-refractivity contribution >= 4 is 5.95 Å². The van der Waals surface area contributed by atoms with E-state index in [0.717, 1.165) is 6.07 Å². The Hall–Kier alpha value is -2.35. The molecule has 1 aliphatic heterocycles. The van der Waals surface area contributed by atoms with Crippen LogP contribution in [0.2, 0.25) is 0 Å². The minimum Gasteiger partial charge on any atom is -0.486 e. The van der Waals surface area contributed by atoms with E-state index >= 15 is 0 Å². The molecule has 0 atom stereocenters. The molecule has 5 nitrogen and oxygen atoms in total. The van der Waals surface area contributed by atoms with Crippen molar-refractivity contribution in [3.63, 3.8) is 0 Å². The van der Waals surface area contributed by atoms with Gasteiger partial charge in [0.2, 0.25) is 5.95 Å². The maximum atomic E-state index is 13.1. The summed E-state index contributed by atoms with van der Waals surface area (Å²) in [6, 6.07) is 4.08. The molecule has 0 unspecified atom stereocenters. The fraction of sp³-hybridized carbons (Fsp3) is 0.412. The van der Waals surface area contributed by atoms with Gasteiger partial charge in [0, 0.05) is 18.7 Å². The normalized spacial score (nSPS) is 15.3. The van der Waals surface area contributed by atoms with Crippen LogP contribution in [-0.4, -0.2) is 36.3 Å². The lowest BCUT2D eigenvalue weighted by molar-refractivity contribution is -0.138. The number of rotatable bonds is 4. The Morgan fingerprint density at radius 1 is 1.16 bits per heavy atom. The van der Waals surface area contributed by atoms with E-state index in [0.29, 0.717) is 43.6 Å². The Labute approximate surface area is 143 Å². The number of aryl methyl sites for hydroxylation is 1. The van der Waals surface area contributed by atoms with Crippen LogP contribution in [0.15, 0.2) is 30.6 Å². The Bertz CT molecular complexity index is 714. The maximum absolute atomic E-state index is 13.1. The van der Waals surface area contributed by atoms with Gasteiger partial charge in [0.15, 0.2) is 5.75 Å². The number of aromatic nitrogens is 2. The summed E-state index contributed by atoms with van der Waals surface area (Å²) in [5, 5.41) is 0. The molecule has 25 heavy (non-hydrogen) atoms. The van der Waals surface area contributed by atoms with Crippen molar-refractivity contribution in [1.29, 1.82) is 0 Å². The van der Waals surface area contributed by atoms with E-state index in [4.69, 9.17) is 9.47 Å². The molecular weight excluding hydrogens is 335 g/mol. The lowest BCUT2D eigenvalue weighted by Crippen LogP contribution is -2.37. The molecule has 1 aliphatic rings. The minimum absolute atomic E-state index is 0.118. The second-order valence-corrected chi connectivity index (χ2v) is 5.71. The largest absolute Gasteiger partial charge is 0.486 e. The fourth-order valence-electron chi connectivity index (χ4n) is 2.63. The third-order valence-corrected chi connectivity index (χ3v) is 4.01. The Morgan fingerprint density at radius 3 is 2.48 bits per heavy atom.